The van der Waals surface area contributed by atoms with E-state index in [0.29, 0.717) is 0 Å². The zero-order chi connectivity index (χ0) is 14.2. The number of rotatable bonds is 2. The molecule has 0 spiro atoms. The first-order chi connectivity index (χ1) is 8.90. The first-order valence-electron chi connectivity index (χ1n) is 6.42. The van der Waals surface area contributed by atoms with Gasteiger partial charge in [-0.05, 0) is 67.6 Å². The fraction of sp³-hybridized carbons (Fsp3) is 0.294. The van der Waals surface area contributed by atoms with Crippen molar-refractivity contribution in [3.05, 3.63) is 68.2 Å². The lowest BCUT2D eigenvalue weighted by Crippen LogP contribution is -2.06. The summed E-state index contributed by atoms with van der Waals surface area (Å²) in [5.41, 5.74) is 6.62. The number of benzene rings is 2. The molecule has 1 unspecified atom stereocenters. The van der Waals surface area contributed by atoms with Gasteiger partial charge in [0.05, 0.1) is 0 Å². The molecule has 2 aromatic carbocycles. The van der Waals surface area contributed by atoms with Gasteiger partial charge < -0.3 is 5.11 Å². The predicted octanol–water partition coefficient (Wildman–Crippen LogP) is 4.76. The second kappa shape index (κ2) is 5.48. The van der Waals surface area contributed by atoms with Crippen LogP contribution in [0.5, 0.6) is 0 Å². The molecule has 2 rings (SSSR count). The van der Waals surface area contributed by atoms with Crippen molar-refractivity contribution in [2.75, 3.05) is 0 Å². The van der Waals surface area contributed by atoms with Gasteiger partial charge in [-0.2, -0.15) is 0 Å². The van der Waals surface area contributed by atoms with Crippen LogP contribution in [-0.4, -0.2) is 5.11 Å². The van der Waals surface area contributed by atoms with Gasteiger partial charge in [-0.15, -0.1) is 0 Å². The van der Waals surface area contributed by atoms with Crippen LogP contribution >= 0.6 is 15.9 Å². The average Bonchev–Trinajstić information content (AvgIpc) is 2.26. The predicted molar refractivity (Wildman–Crippen MR) is 83.6 cm³/mol. The summed E-state index contributed by atoms with van der Waals surface area (Å²) in [6, 6.07) is 10.3. The minimum atomic E-state index is -0.561. The molecule has 0 heterocycles. The summed E-state index contributed by atoms with van der Waals surface area (Å²) < 4.78 is 1.04. The molecule has 0 saturated carbocycles. The number of aryl methyl sites for hydroxylation is 4. The minimum Gasteiger partial charge on any atom is -0.384 e. The highest BCUT2D eigenvalue weighted by molar-refractivity contribution is 9.10. The molecule has 100 valence electrons. The standard InChI is InChI=1S/C17H19BrO/c1-10-7-12(3)16(13(4)8-10)17(19)15-6-5-14(18)9-11(15)2/h5-9,17,19H,1-4H3. The van der Waals surface area contributed by atoms with E-state index in [2.05, 4.69) is 48.8 Å². The zero-order valence-electron chi connectivity index (χ0n) is 11.8. The zero-order valence-corrected chi connectivity index (χ0v) is 13.4. The summed E-state index contributed by atoms with van der Waals surface area (Å²) in [5, 5.41) is 10.7. The van der Waals surface area contributed by atoms with E-state index in [0.717, 1.165) is 32.3 Å². The number of halogens is 1. The van der Waals surface area contributed by atoms with Gasteiger partial charge in [0.2, 0.25) is 0 Å². The molecule has 0 fully saturated rings. The molecular formula is C17H19BrO. The van der Waals surface area contributed by atoms with Crippen LogP contribution in [0.4, 0.5) is 0 Å². The van der Waals surface area contributed by atoms with Gasteiger partial charge in [0.25, 0.3) is 0 Å². The van der Waals surface area contributed by atoms with Gasteiger partial charge >= 0.3 is 0 Å². The maximum absolute atomic E-state index is 10.7. The van der Waals surface area contributed by atoms with Crippen LogP contribution in [0.25, 0.3) is 0 Å². The molecule has 1 nitrogen and oxygen atoms in total. The summed E-state index contributed by atoms with van der Waals surface area (Å²) in [6.45, 7) is 8.24. The number of hydrogen-bond acceptors (Lipinski definition) is 1. The maximum atomic E-state index is 10.7. The molecule has 2 heteroatoms. The Balaban J connectivity index is 2.53. The fourth-order valence-electron chi connectivity index (χ4n) is 2.72. The third-order valence-corrected chi connectivity index (χ3v) is 4.03. The summed E-state index contributed by atoms with van der Waals surface area (Å²) in [4.78, 5) is 0. The van der Waals surface area contributed by atoms with Gasteiger partial charge in [-0.1, -0.05) is 39.7 Å². The van der Waals surface area contributed by atoms with Crippen molar-refractivity contribution in [1.82, 2.24) is 0 Å². The molecule has 0 amide bonds. The fourth-order valence-corrected chi connectivity index (χ4v) is 3.20. The van der Waals surface area contributed by atoms with E-state index in [1.807, 2.05) is 25.1 Å². The second-order valence-corrected chi connectivity index (χ2v) is 6.13. The first-order valence-corrected chi connectivity index (χ1v) is 7.21. The number of aliphatic hydroxyl groups is 1. The summed E-state index contributed by atoms with van der Waals surface area (Å²) in [7, 11) is 0. The Kier molecular flexibility index (Phi) is 4.12. The van der Waals surface area contributed by atoms with Crippen LogP contribution in [-0.2, 0) is 0 Å². The Labute approximate surface area is 123 Å². The van der Waals surface area contributed by atoms with E-state index in [9.17, 15) is 5.11 Å². The van der Waals surface area contributed by atoms with Crippen molar-refractivity contribution < 1.29 is 5.11 Å². The first kappa shape index (κ1) is 14.3. The Morgan fingerprint density at radius 2 is 1.47 bits per heavy atom. The van der Waals surface area contributed by atoms with Gasteiger partial charge in [-0.3, -0.25) is 0 Å². The molecule has 1 atom stereocenters. The number of hydrogen-bond donors (Lipinski definition) is 1. The normalized spacial score (nSPS) is 12.5. The lowest BCUT2D eigenvalue weighted by molar-refractivity contribution is 0.218. The van der Waals surface area contributed by atoms with Crippen molar-refractivity contribution in [2.24, 2.45) is 0 Å². The molecule has 0 aliphatic heterocycles. The highest BCUT2D eigenvalue weighted by Gasteiger charge is 2.17. The van der Waals surface area contributed by atoms with Crippen molar-refractivity contribution in [2.45, 2.75) is 33.8 Å². The molecule has 0 saturated heterocycles. The summed E-state index contributed by atoms with van der Waals surface area (Å²) in [5.74, 6) is 0. The largest absolute Gasteiger partial charge is 0.384 e. The van der Waals surface area contributed by atoms with E-state index in [1.54, 1.807) is 0 Å². The molecule has 2 aromatic rings. The van der Waals surface area contributed by atoms with E-state index in [4.69, 9.17) is 0 Å². The molecule has 0 aromatic heterocycles. The maximum Gasteiger partial charge on any atom is 0.105 e. The Bertz CT molecular complexity index is 594. The highest BCUT2D eigenvalue weighted by atomic mass is 79.9. The molecule has 0 radical (unpaired) electrons. The molecule has 0 bridgehead atoms. The van der Waals surface area contributed by atoms with E-state index in [1.165, 1.54) is 5.56 Å². The summed E-state index contributed by atoms with van der Waals surface area (Å²) in [6.07, 6.45) is -0.561. The van der Waals surface area contributed by atoms with Crippen molar-refractivity contribution in [1.29, 1.82) is 0 Å². The van der Waals surface area contributed by atoms with Gasteiger partial charge in [0, 0.05) is 4.47 Å². The Hall–Kier alpha value is -1.12. The minimum absolute atomic E-state index is 0.561. The molecular weight excluding hydrogens is 300 g/mol. The third kappa shape index (κ3) is 2.90. The third-order valence-electron chi connectivity index (χ3n) is 3.54. The van der Waals surface area contributed by atoms with Gasteiger partial charge in [0.1, 0.15) is 6.10 Å². The highest BCUT2D eigenvalue weighted by Crippen LogP contribution is 2.31. The van der Waals surface area contributed by atoms with E-state index in [-0.39, 0.29) is 0 Å². The van der Waals surface area contributed by atoms with Gasteiger partial charge in [-0.25, -0.2) is 0 Å². The Morgan fingerprint density at radius 3 is 2.00 bits per heavy atom. The summed E-state index contributed by atoms with van der Waals surface area (Å²) >= 11 is 3.46. The van der Waals surface area contributed by atoms with Crippen LogP contribution in [0.1, 0.15) is 39.5 Å². The van der Waals surface area contributed by atoms with Gasteiger partial charge in [0.15, 0.2) is 0 Å². The van der Waals surface area contributed by atoms with Crippen molar-refractivity contribution in [3.8, 4) is 0 Å². The molecule has 0 aliphatic carbocycles. The van der Waals surface area contributed by atoms with E-state index >= 15 is 0 Å². The van der Waals surface area contributed by atoms with Crippen LogP contribution in [0.2, 0.25) is 0 Å². The van der Waals surface area contributed by atoms with Crippen molar-refractivity contribution in [3.63, 3.8) is 0 Å². The monoisotopic (exact) mass is 318 g/mol. The lowest BCUT2D eigenvalue weighted by atomic mass is 9.90. The lowest BCUT2D eigenvalue weighted by Gasteiger charge is -2.19. The molecule has 1 N–H and O–H groups in total. The van der Waals surface area contributed by atoms with Crippen LogP contribution < -0.4 is 0 Å². The molecule has 0 aliphatic rings. The average molecular weight is 319 g/mol. The van der Waals surface area contributed by atoms with Crippen LogP contribution in [0, 0.1) is 27.7 Å². The smallest absolute Gasteiger partial charge is 0.105 e. The van der Waals surface area contributed by atoms with Crippen LogP contribution in [0.3, 0.4) is 0 Å². The molecule has 19 heavy (non-hydrogen) atoms. The SMILES string of the molecule is Cc1cc(C)c(C(O)c2ccc(Br)cc2C)c(C)c1. The number of aliphatic hydroxyl groups excluding tert-OH is 1. The second-order valence-electron chi connectivity index (χ2n) is 5.22. The Morgan fingerprint density at radius 1 is 0.895 bits per heavy atom. The van der Waals surface area contributed by atoms with E-state index < -0.39 is 6.10 Å². The van der Waals surface area contributed by atoms with Crippen molar-refractivity contribution >= 4 is 15.9 Å². The topological polar surface area (TPSA) is 20.2 Å². The quantitative estimate of drug-likeness (QED) is 0.846. The van der Waals surface area contributed by atoms with Crippen LogP contribution in [0.15, 0.2) is 34.8 Å².